The summed E-state index contributed by atoms with van der Waals surface area (Å²) < 4.78 is 0. The predicted molar refractivity (Wildman–Crippen MR) is 52.1 cm³/mol. The molecule has 0 saturated carbocycles. The lowest BCUT2D eigenvalue weighted by Gasteiger charge is -2.09. The van der Waals surface area contributed by atoms with Gasteiger partial charge in [0.1, 0.15) is 0 Å². The van der Waals surface area contributed by atoms with Crippen LogP contribution in [0.25, 0.3) is 0 Å². The molecule has 0 fully saturated rings. The van der Waals surface area contributed by atoms with Crippen LogP contribution in [0.3, 0.4) is 0 Å². The second-order valence-electron chi connectivity index (χ2n) is 2.31. The highest BCUT2D eigenvalue weighted by Crippen LogP contribution is 2.25. The Morgan fingerprint density at radius 1 is 1.64 bits per heavy atom. The Morgan fingerprint density at radius 2 is 2.27 bits per heavy atom. The third-order valence-corrected chi connectivity index (χ3v) is 3.76. The van der Waals surface area contributed by atoms with Crippen molar-refractivity contribution in [1.82, 2.24) is 5.01 Å². The van der Waals surface area contributed by atoms with E-state index in [1.165, 1.54) is 0 Å². The van der Waals surface area contributed by atoms with Crippen LogP contribution in [0.1, 0.15) is 13.8 Å². The van der Waals surface area contributed by atoms with Crippen LogP contribution in [0.4, 0.5) is 0 Å². The molecule has 0 rings (SSSR count). The highest BCUT2D eigenvalue weighted by molar-refractivity contribution is 8.76. The fourth-order valence-corrected chi connectivity index (χ4v) is 2.36. The van der Waals surface area contributed by atoms with Crippen molar-refractivity contribution in [3.05, 3.63) is 0 Å². The first-order valence-electron chi connectivity index (χ1n) is 3.41. The molecule has 0 aromatic rings. The molecule has 0 aromatic heterocycles. The standard InChI is InChI=1S/C6H14N2OS2/c1-6(2)11-10-4-3-8(7)5-9/h5-6H,3-4,7H2,1-2H3. The Kier molecular flexibility index (Phi) is 6.90. The number of hydrazine groups is 1. The van der Waals surface area contributed by atoms with Crippen LogP contribution in [0.15, 0.2) is 0 Å². The summed E-state index contributed by atoms with van der Waals surface area (Å²) in [6.07, 6.45) is 0.639. The van der Waals surface area contributed by atoms with Gasteiger partial charge in [0.2, 0.25) is 6.41 Å². The van der Waals surface area contributed by atoms with Crippen molar-refractivity contribution in [1.29, 1.82) is 0 Å². The Labute approximate surface area is 75.4 Å². The predicted octanol–water partition coefficient (Wildman–Crippen LogP) is 1.11. The number of nitrogens with two attached hydrogens (primary N) is 1. The molecule has 3 nitrogen and oxygen atoms in total. The van der Waals surface area contributed by atoms with Gasteiger partial charge in [0.25, 0.3) is 0 Å². The van der Waals surface area contributed by atoms with Crippen LogP contribution < -0.4 is 5.84 Å². The number of hydrogen-bond acceptors (Lipinski definition) is 4. The van der Waals surface area contributed by atoms with Crippen molar-refractivity contribution < 1.29 is 4.79 Å². The zero-order valence-corrected chi connectivity index (χ0v) is 8.45. The van der Waals surface area contributed by atoms with E-state index in [-0.39, 0.29) is 0 Å². The molecule has 0 aromatic carbocycles. The van der Waals surface area contributed by atoms with Gasteiger partial charge in [0, 0.05) is 17.5 Å². The van der Waals surface area contributed by atoms with Gasteiger partial charge >= 0.3 is 0 Å². The lowest BCUT2D eigenvalue weighted by molar-refractivity contribution is -0.118. The summed E-state index contributed by atoms with van der Waals surface area (Å²) in [7, 11) is 3.54. The molecule has 0 spiro atoms. The zero-order valence-electron chi connectivity index (χ0n) is 6.82. The van der Waals surface area contributed by atoms with Crippen molar-refractivity contribution in [2.45, 2.75) is 19.1 Å². The van der Waals surface area contributed by atoms with Crippen molar-refractivity contribution in [3.63, 3.8) is 0 Å². The molecule has 66 valence electrons. The minimum Gasteiger partial charge on any atom is -0.282 e. The van der Waals surface area contributed by atoms with E-state index in [9.17, 15) is 4.79 Å². The van der Waals surface area contributed by atoms with E-state index in [1.54, 1.807) is 21.6 Å². The van der Waals surface area contributed by atoms with Crippen LogP contribution in [0.2, 0.25) is 0 Å². The molecule has 0 aliphatic carbocycles. The van der Waals surface area contributed by atoms with Gasteiger partial charge in [-0.15, -0.1) is 0 Å². The fraction of sp³-hybridized carbons (Fsp3) is 0.833. The number of carbonyl (C=O) groups is 1. The van der Waals surface area contributed by atoms with Crippen molar-refractivity contribution in [3.8, 4) is 0 Å². The molecular weight excluding hydrogens is 180 g/mol. The first-order valence-corrected chi connectivity index (χ1v) is 5.80. The van der Waals surface area contributed by atoms with Gasteiger partial charge < -0.3 is 0 Å². The number of carbonyl (C=O) groups excluding carboxylic acids is 1. The highest BCUT2D eigenvalue weighted by Gasteiger charge is 1.96. The monoisotopic (exact) mass is 194 g/mol. The Hall–Kier alpha value is 0.130. The average Bonchev–Trinajstić information content (AvgIpc) is 1.97. The summed E-state index contributed by atoms with van der Waals surface area (Å²) in [4.78, 5) is 10.0. The summed E-state index contributed by atoms with van der Waals surface area (Å²) in [6, 6.07) is 0. The largest absolute Gasteiger partial charge is 0.282 e. The first kappa shape index (κ1) is 11.1. The molecule has 0 atom stereocenters. The Balaban J connectivity index is 3.07. The Bertz CT molecular complexity index is 111. The quantitative estimate of drug-likeness (QED) is 0.172. The van der Waals surface area contributed by atoms with Crippen molar-refractivity contribution in [2.24, 2.45) is 5.84 Å². The summed E-state index contributed by atoms with van der Waals surface area (Å²) in [5.74, 6) is 6.12. The number of nitrogens with zero attached hydrogens (tertiary/aromatic N) is 1. The summed E-state index contributed by atoms with van der Waals surface area (Å²) in [6.45, 7) is 4.89. The third kappa shape index (κ3) is 8.03. The molecule has 0 bridgehead atoms. The lowest BCUT2D eigenvalue weighted by atomic mass is 10.6. The molecule has 0 saturated heterocycles. The van der Waals surface area contributed by atoms with E-state index < -0.39 is 0 Å². The fourth-order valence-electron chi connectivity index (χ4n) is 0.380. The molecule has 0 aliphatic heterocycles. The van der Waals surface area contributed by atoms with E-state index in [0.717, 1.165) is 10.8 Å². The second-order valence-corrected chi connectivity index (χ2v) is 5.37. The second kappa shape index (κ2) is 6.82. The van der Waals surface area contributed by atoms with E-state index >= 15 is 0 Å². The Morgan fingerprint density at radius 3 is 2.73 bits per heavy atom. The first-order chi connectivity index (χ1) is 5.16. The SMILES string of the molecule is CC(C)SSCCN(N)C=O. The number of hydrogen-bond donors (Lipinski definition) is 1. The molecule has 0 aliphatic rings. The van der Waals surface area contributed by atoms with Gasteiger partial charge in [-0.3, -0.25) is 9.80 Å². The molecule has 2 N–H and O–H groups in total. The van der Waals surface area contributed by atoms with Crippen LogP contribution in [0, 0.1) is 0 Å². The van der Waals surface area contributed by atoms with Gasteiger partial charge in [-0.25, -0.2) is 5.84 Å². The normalized spacial score (nSPS) is 10.2. The van der Waals surface area contributed by atoms with Gasteiger partial charge in [-0.05, 0) is 0 Å². The summed E-state index contributed by atoms with van der Waals surface area (Å²) in [5, 5.41) is 1.79. The maximum atomic E-state index is 10.0. The average molecular weight is 194 g/mol. The third-order valence-electron chi connectivity index (χ3n) is 0.829. The van der Waals surface area contributed by atoms with Gasteiger partial charge in [-0.1, -0.05) is 35.4 Å². The molecule has 5 heteroatoms. The molecule has 1 amide bonds. The van der Waals surface area contributed by atoms with E-state index in [2.05, 4.69) is 13.8 Å². The number of amides is 1. The molecule has 0 radical (unpaired) electrons. The lowest BCUT2D eigenvalue weighted by Crippen LogP contribution is -2.31. The smallest absolute Gasteiger partial charge is 0.223 e. The van der Waals surface area contributed by atoms with Crippen LogP contribution in [-0.2, 0) is 4.79 Å². The summed E-state index contributed by atoms with van der Waals surface area (Å²) in [5.41, 5.74) is 0. The van der Waals surface area contributed by atoms with Gasteiger partial charge in [0.15, 0.2) is 0 Å². The molecule has 0 unspecified atom stereocenters. The summed E-state index contributed by atoms with van der Waals surface area (Å²) >= 11 is 0. The number of rotatable bonds is 6. The minimum atomic E-state index is 0.619. The van der Waals surface area contributed by atoms with Crippen LogP contribution in [0.5, 0.6) is 0 Å². The minimum absolute atomic E-state index is 0.619. The van der Waals surface area contributed by atoms with E-state index in [4.69, 9.17) is 5.84 Å². The molecule has 11 heavy (non-hydrogen) atoms. The maximum Gasteiger partial charge on any atom is 0.223 e. The van der Waals surface area contributed by atoms with Gasteiger partial charge in [-0.2, -0.15) is 0 Å². The van der Waals surface area contributed by atoms with Crippen molar-refractivity contribution in [2.75, 3.05) is 12.3 Å². The van der Waals surface area contributed by atoms with Crippen molar-refractivity contribution >= 4 is 28.0 Å². The molecular formula is C6H14N2OS2. The topological polar surface area (TPSA) is 46.3 Å². The van der Waals surface area contributed by atoms with E-state index in [1.807, 2.05) is 0 Å². The van der Waals surface area contributed by atoms with Crippen LogP contribution in [-0.4, -0.2) is 29.0 Å². The van der Waals surface area contributed by atoms with Crippen LogP contribution >= 0.6 is 21.6 Å². The molecule has 0 heterocycles. The maximum absolute atomic E-state index is 10.0. The van der Waals surface area contributed by atoms with E-state index in [0.29, 0.717) is 18.2 Å². The van der Waals surface area contributed by atoms with Gasteiger partial charge in [0.05, 0.1) is 0 Å². The zero-order chi connectivity index (χ0) is 8.69. The highest BCUT2D eigenvalue weighted by atomic mass is 33.1.